The Labute approximate surface area is 202 Å². The van der Waals surface area contributed by atoms with Gasteiger partial charge in [-0.3, -0.25) is 4.79 Å². The van der Waals surface area contributed by atoms with E-state index in [2.05, 4.69) is 39.4 Å². The van der Waals surface area contributed by atoms with Crippen LogP contribution >= 0.6 is 23.1 Å². The van der Waals surface area contributed by atoms with Crippen LogP contribution in [0.5, 0.6) is 0 Å². The van der Waals surface area contributed by atoms with Crippen LogP contribution in [0.2, 0.25) is 0 Å². The highest BCUT2D eigenvalue weighted by molar-refractivity contribution is 7.98. The molecule has 0 bridgehead atoms. The van der Waals surface area contributed by atoms with Crippen molar-refractivity contribution in [3.05, 3.63) is 36.2 Å². The van der Waals surface area contributed by atoms with Crippen LogP contribution in [0.3, 0.4) is 0 Å². The number of hydrogen-bond acceptors (Lipinski definition) is 9. The number of thioether (sulfide) groups is 1. The third-order valence-electron chi connectivity index (χ3n) is 5.59. The molecule has 3 aromatic rings. The molecule has 1 aromatic carbocycles. The largest absolute Gasteiger partial charge is 0.375 e. The van der Waals surface area contributed by atoms with Crippen LogP contribution in [0.1, 0.15) is 30.6 Å². The molecule has 10 heteroatoms. The van der Waals surface area contributed by atoms with Crippen molar-refractivity contribution in [2.45, 2.75) is 31.3 Å². The molecule has 1 unspecified atom stereocenters. The van der Waals surface area contributed by atoms with Gasteiger partial charge in [-0.1, -0.05) is 25.2 Å². The normalized spacial score (nSPS) is 17.2. The minimum atomic E-state index is 0.0639. The maximum absolute atomic E-state index is 13.0. The summed E-state index contributed by atoms with van der Waals surface area (Å²) in [5, 5.41) is 7.56. The van der Waals surface area contributed by atoms with Crippen molar-refractivity contribution in [2.24, 2.45) is 5.92 Å². The summed E-state index contributed by atoms with van der Waals surface area (Å²) in [6.07, 6.45) is 6.70. The van der Waals surface area contributed by atoms with Gasteiger partial charge in [-0.2, -0.15) is 0 Å². The van der Waals surface area contributed by atoms with Crippen molar-refractivity contribution < 1.29 is 9.53 Å². The number of rotatable bonds is 9. The molecule has 4 rings (SSSR count). The predicted octanol–water partition coefficient (Wildman–Crippen LogP) is 4.22. The molecular weight excluding hydrogens is 456 g/mol. The van der Waals surface area contributed by atoms with Crippen LogP contribution in [0.15, 0.2) is 35.5 Å². The van der Waals surface area contributed by atoms with E-state index in [0.29, 0.717) is 37.1 Å². The molecule has 1 fully saturated rings. The van der Waals surface area contributed by atoms with Crippen molar-refractivity contribution in [1.82, 2.24) is 19.9 Å². The first kappa shape index (κ1) is 23.7. The van der Waals surface area contributed by atoms with Gasteiger partial charge in [0.2, 0.25) is 5.95 Å². The summed E-state index contributed by atoms with van der Waals surface area (Å²) >= 11 is 3.20. The number of ether oxygens (including phenoxy) is 1. The van der Waals surface area contributed by atoms with Gasteiger partial charge < -0.3 is 20.3 Å². The summed E-state index contributed by atoms with van der Waals surface area (Å²) in [5.41, 5.74) is 1.61. The van der Waals surface area contributed by atoms with Crippen LogP contribution in [-0.4, -0.2) is 70.9 Å². The van der Waals surface area contributed by atoms with Crippen LogP contribution in [-0.2, 0) is 4.74 Å². The molecule has 33 heavy (non-hydrogen) atoms. The Kier molecular flexibility index (Phi) is 8.00. The molecule has 0 radical (unpaired) electrons. The predicted molar refractivity (Wildman–Crippen MR) is 136 cm³/mol. The number of carbonyl (C=O) groups is 1. The number of morpholine rings is 1. The molecule has 2 N–H and O–H groups in total. The van der Waals surface area contributed by atoms with Gasteiger partial charge in [-0.05, 0) is 36.8 Å². The van der Waals surface area contributed by atoms with E-state index in [1.165, 1.54) is 0 Å². The monoisotopic (exact) mass is 486 g/mol. The molecule has 2 aromatic heterocycles. The minimum absolute atomic E-state index is 0.0639. The fourth-order valence-corrected chi connectivity index (χ4v) is 4.81. The van der Waals surface area contributed by atoms with Crippen molar-refractivity contribution in [2.75, 3.05) is 49.7 Å². The van der Waals surface area contributed by atoms with Crippen molar-refractivity contribution >= 4 is 50.3 Å². The van der Waals surface area contributed by atoms with Gasteiger partial charge in [0, 0.05) is 49.0 Å². The van der Waals surface area contributed by atoms with E-state index < -0.39 is 0 Å². The van der Waals surface area contributed by atoms with E-state index in [1.807, 2.05) is 41.7 Å². The summed E-state index contributed by atoms with van der Waals surface area (Å²) in [4.78, 5) is 29.2. The molecule has 176 valence electrons. The van der Waals surface area contributed by atoms with Crippen molar-refractivity contribution in [3.63, 3.8) is 0 Å². The van der Waals surface area contributed by atoms with Crippen LogP contribution in [0.25, 0.3) is 10.2 Å². The average Bonchev–Trinajstić information content (AvgIpc) is 3.28. The molecule has 1 aliphatic rings. The van der Waals surface area contributed by atoms with Crippen LogP contribution in [0.4, 0.5) is 11.1 Å². The van der Waals surface area contributed by atoms with E-state index in [9.17, 15) is 4.79 Å². The van der Waals surface area contributed by atoms with Gasteiger partial charge in [-0.15, -0.1) is 11.8 Å². The Morgan fingerprint density at radius 3 is 2.85 bits per heavy atom. The van der Waals surface area contributed by atoms with Gasteiger partial charge in [-0.25, -0.2) is 15.0 Å². The molecule has 0 aliphatic carbocycles. The topological polar surface area (TPSA) is 92.3 Å². The van der Waals surface area contributed by atoms with E-state index in [4.69, 9.17) is 4.74 Å². The third kappa shape index (κ3) is 6.13. The van der Waals surface area contributed by atoms with E-state index in [-0.39, 0.29) is 12.0 Å². The lowest BCUT2D eigenvalue weighted by molar-refractivity contribution is -0.0226. The number of nitrogens with zero attached hydrogens (tertiary/aromatic N) is 4. The number of thiazole rings is 1. The van der Waals surface area contributed by atoms with Crippen LogP contribution < -0.4 is 10.6 Å². The second kappa shape index (κ2) is 11.1. The SMILES string of the molecule is CCC1CN(C(=O)c2ccc3nc(NC[C@@H](C)CNc4ncc(SC)cn4)sc3c2)CCO1. The zero-order chi connectivity index (χ0) is 23.2. The summed E-state index contributed by atoms with van der Waals surface area (Å²) in [7, 11) is 0. The summed E-state index contributed by atoms with van der Waals surface area (Å²) in [6.45, 7) is 7.67. The first-order chi connectivity index (χ1) is 16.1. The summed E-state index contributed by atoms with van der Waals surface area (Å²) < 4.78 is 6.70. The molecular formula is C23H30N6O2S2. The number of fused-ring (bicyclic) bond motifs is 1. The summed E-state index contributed by atoms with van der Waals surface area (Å²) in [5.74, 6) is 1.06. The number of hydrogen-bond donors (Lipinski definition) is 2. The first-order valence-corrected chi connectivity index (χ1v) is 13.2. The number of amides is 1. The molecule has 1 saturated heterocycles. The molecule has 0 spiro atoms. The Bertz CT molecular complexity index is 1070. The summed E-state index contributed by atoms with van der Waals surface area (Å²) in [6, 6.07) is 5.76. The quantitative estimate of drug-likeness (QED) is 0.435. The lowest BCUT2D eigenvalue weighted by Gasteiger charge is -2.32. The molecule has 8 nitrogen and oxygen atoms in total. The van der Waals surface area contributed by atoms with Crippen molar-refractivity contribution in [3.8, 4) is 0 Å². The second-order valence-electron chi connectivity index (χ2n) is 8.17. The molecule has 3 heterocycles. The minimum Gasteiger partial charge on any atom is -0.375 e. The Morgan fingerprint density at radius 2 is 2.09 bits per heavy atom. The van der Waals surface area contributed by atoms with Gasteiger partial charge in [0.25, 0.3) is 5.91 Å². The van der Waals surface area contributed by atoms with E-state index >= 15 is 0 Å². The highest BCUT2D eigenvalue weighted by atomic mass is 32.2. The number of benzene rings is 1. The zero-order valence-electron chi connectivity index (χ0n) is 19.2. The van der Waals surface area contributed by atoms with Crippen molar-refractivity contribution in [1.29, 1.82) is 0 Å². The number of nitrogens with one attached hydrogen (secondary N) is 2. The van der Waals surface area contributed by atoms with Gasteiger partial charge in [0.05, 0.1) is 22.9 Å². The van der Waals surface area contributed by atoms with E-state index in [0.717, 1.165) is 39.8 Å². The van der Waals surface area contributed by atoms with Gasteiger partial charge in [0.1, 0.15) is 0 Å². The molecule has 0 saturated carbocycles. The Balaban J connectivity index is 1.31. The number of anilines is 2. The zero-order valence-corrected chi connectivity index (χ0v) is 20.8. The van der Waals surface area contributed by atoms with Gasteiger partial charge in [0.15, 0.2) is 5.13 Å². The lowest BCUT2D eigenvalue weighted by Crippen LogP contribution is -2.45. The van der Waals surface area contributed by atoms with Gasteiger partial charge >= 0.3 is 0 Å². The third-order valence-corrected chi connectivity index (χ3v) is 7.25. The molecule has 1 aliphatic heterocycles. The fourth-order valence-electron chi connectivity index (χ4n) is 3.58. The Hall–Kier alpha value is -2.43. The molecule has 1 amide bonds. The maximum Gasteiger partial charge on any atom is 0.254 e. The standard InChI is InChI=1S/C23H30N6O2S2/c1-4-17-14-29(7-8-31-17)21(30)16-5-6-19-20(9-16)33-23(28-19)27-11-15(2)10-24-22-25-12-18(32-3)13-26-22/h5-6,9,12-13,15,17H,4,7-8,10-11,14H2,1-3H3,(H,27,28)(H,24,25,26)/t15-,17?/m0/s1. The lowest BCUT2D eigenvalue weighted by atomic mass is 10.1. The number of aromatic nitrogens is 3. The fraction of sp³-hybridized carbons (Fsp3) is 0.478. The highest BCUT2D eigenvalue weighted by Gasteiger charge is 2.24. The first-order valence-electron chi connectivity index (χ1n) is 11.2. The van der Waals surface area contributed by atoms with Crippen LogP contribution in [0, 0.1) is 5.92 Å². The molecule has 2 atom stereocenters. The smallest absolute Gasteiger partial charge is 0.254 e. The average molecular weight is 487 g/mol. The maximum atomic E-state index is 13.0. The Morgan fingerprint density at radius 1 is 1.30 bits per heavy atom. The highest BCUT2D eigenvalue weighted by Crippen LogP contribution is 2.27. The second-order valence-corrected chi connectivity index (χ2v) is 10.1. The number of carbonyl (C=O) groups excluding carboxylic acids is 1. The van der Waals surface area contributed by atoms with E-state index in [1.54, 1.807) is 23.1 Å².